The van der Waals surface area contributed by atoms with E-state index in [-0.39, 0.29) is 5.41 Å². The SMILES string of the molecule is CNC(CSC(C)(C)C)c1ccc(C(C)(C)C)cc1. The van der Waals surface area contributed by atoms with E-state index in [1.54, 1.807) is 0 Å². The second-order valence-corrected chi connectivity index (χ2v) is 8.98. The van der Waals surface area contributed by atoms with Crippen molar-refractivity contribution in [2.24, 2.45) is 0 Å². The van der Waals surface area contributed by atoms with Crippen molar-refractivity contribution in [1.82, 2.24) is 5.32 Å². The highest BCUT2D eigenvalue weighted by Crippen LogP contribution is 2.29. The Balaban J connectivity index is 2.77. The maximum atomic E-state index is 3.43. The summed E-state index contributed by atoms with van der Waals surface area (Å²) in [6.07, 6.45) is 0. The lowest BCUT2D eigenvalue weighted by Crippen LogP contribution is -2.22. The van der Waals surface area contributed by atoms with Gasteiger partial charge < -0.3 is 5.32 Å². The Morgan fingerprint density at radius 1 is 1.00 bits per heavy atom. The highest BCUT2D eigenvalue weighted by Gasteiger charge is 2.17. The van der Waals surface area contributed by atoms with E-state index in [9.17, 15) is 0 Å². The number of hydrogen-bond donors (Lipinski definition) is 1. The summed E-state index contributed by atoms with van der Waals surface area (Å²) in [5.41, 5.74) is 3.01. The molecule has 0 aliphatic rings. The molecule has 0 fully saturated rings. The third-order valence-corrected chi connectivity index (χ3v) is 4.58. The van der Waals surface area contributed by atoms with Crippen LogP contribution in [0.25, 0.3) is 0 Å². The Labute approximate surface area is 123 Å². The predicted molar refractivity (Wildman–Crippen MR) is 89.2 cm³/mol. The lowest BCUT2D eigenvalue weighted by molar-refractivity contribution is 0.588. The minimum atomic E-state index is 0.230. The molecule has 0 aromatic heterocycles. The fourth-order valence-electron chi connectivity index (χ4n) is 1.89. The average molecular weight is 279 g/mol. The van der Waals surface area contributed by atoms with E-state index < -0.39 is 0 Å². The van der Waals surface area contributed by atoms with Gasteiger partial charge in [-0.05, 0) is 23.6 Å². The van der Waals surface area contributed by atoms with Gasteiger partial charge in [-0.15, -0.1) is 0 Å². The first-order valence-electron chi connectivity index (χ1n) is 7.05. The number of nitrogens with one attached hydrogen (secondary N) is 1. The van der Waals surface area contributed by atoms with Gasteiger partial charge >= 0.3 is 0 Å². The molecular formula is C17H29NS. The third-order valence-electron chi connectivity index (χ3n) is 3.21. The van der Waals surface area contributed by atoms with Gasteiger partial charge in [-0.2, -0.15) is 11.8 Å². The van der Waals surface area contributed by atoms with E-state index in [1.165, 1.54) is 11.1 Å². The molecule has 0 bridgehead atoms. The zero-order valence-electron chi connectivity index (χ0n) is 13.5. The summed E-state index contributed by atoms with van der Waals surface area (Å²) < 4.78 is 0.320. The molecule has 1 aromatic rings. The molecule has 108 valence electrons. The highest BCUT2D eigenvalue weighted by molar-refractivity contribution is 8.00. The zero-order valence-corrected chi connectivity index (χ0v) is 14.3. The molecule has 0 radical (unpaired) electrons. The molecule has 1 unspecified atom stereocenters. The maximum absolute atomic E-state index is 3.43. The highest BCUT2D eigenvalue weighted by atomic mass is 32.2. The van der Waals surface area contributed by atoms with E-state index in [1.807, 2.05) is 18.8 Å². The van der Waals surface area contributed by atoms with Gasteiger partial charge in [-0.3, -0.25) is 0 Å². The Hall–Kier alpha value is -0.470. The smallest absolute Gasteiger partial charge is 0.0409 e. The lowest BCUT2D eigenvalue weighted by atomic mass is 9.86. The quantitative estimate of drug-likeness (QED) is 0.851. The Bertz CT molecular complexity index is 381. The van der Waals surface area contributed by atoms with Crippen molar-refractivity contribution >= 4 is 11.8 Å². The molecule has 1 nitrogen and oxygen atoms in total. The van der Waals surface area contributed by atoms with Crippen LogP contribution in [0.2, 0.25) is 0 Å². The van der Waals surface area contributed by atoms with Crippen LogP contribution in [-0.2, 0) is 5.41 Å². The largest absolute Gasteiger partial charge is 0.312 e. The van der Waals surface area contributed by atoms with Gasteiger partial charge in [0.15, 0.2) is 0 Å². The van der Waals surface area contributed by atoms with Crippen molar-refractivity contribution in [1.29, 1.82) is 0 Å². The van der Waals surface area contributed by atoms with Gasteiger partial charge in [0.05, 0.1) is 0 Å². The first-order chi connectivity index (χ1) is 8.63. The molecule has 1 N–H and O–H groups in total. The third kappa shape index (κ3) is 5.58. The van der Waals surface area contributed by atoms with Crippen LogP contribution < -0.4 is 5.32 Å². The Morgan fingerprint density at radius 3 is 1.89 bits per heavy atom. The van der Waals surface area contributed by atoms with E-state index in [4.69, 9.17) is 0 Å². The standard InChI is InChI=1S/C17H29NS/c1-16(2,3)14-10-8-13(9-11-14)15(18-7)12-19-17(4,5)6/h8-11,15,18H,12H2,1-7H3. The normalized spacial score (nSPS) is 14.5. The van der Waals surface area contributed by atoms with Crippen LogP contribution in [0.1, 0.15) is 58.7 Å². The second-order valence-electron chi connectivity index (χ2n) is 7.14. The van der Waals surface area contributed by atoms with Gasteiger partial charge in [0.2, 0.25) is 0 Å². The first kappa shape index (κ1) is 16.6. The summed E-state index contributed by atoms with van der Waals surface area (Å²) >= 11 is 2.01. The summed E-state index contributed by atoms with van der Waals surface area (Å²) in [4.78, 5) is 0. The first-order valence-corrected chi connectivity index (χ1v) is 8.04. The molecule has 2 heteroatoms. The van der Waals surface area contributed by atoms with Crippen LogP contribution >= 0.6 is 11.8 Å². The van der Waals surface area contributed by atoms with Gasteiger partial charge in [-0.1, -0.05) is 65.8 Å². The molecule has 1 rings (SSSR count). The molecule has 0 heterocycles. The second kappa shape index (κ2) is 6.32. The van der Waals surface area contributed by atoms with Crippen molar-refractivity contribution < 1.29 is 0 Å². The topological polar surface area (TPSA) is 12.0 Å². The van der Waals surface area contributed by atoms with Crippen LogP contribution in [-0.4, -0.2) is 17.5 Å². The van der Waals surface area contributed by atoms with Crippen LogP contribution in [0, 0.1) is 0 Å². The van der Waals surface area contributed by atoms with Crippen molar-refractivity contribution in [3.05, 3.63) is 35.4 Å². The Kier molecular flexibility index (Phi) is 5.52. The van der Waals surface area contributed by atoms with E-state index in [0.717, 1.165) is 5.75 Å². The molecule has 0 aliphatic heterocycles. The summed E-state index contributed by atoms with van der Waals surface area (Å²) in [6, 6.07) is 9.50. The summed E-state index contributed by atoms with van der Waals surface area (Å²) in [5.74, 6) is 1.11. The molecule has 0 aliphatic carbocycles. The van der Waals surface area contributed by atoms with E-state index >= 15 is 0 Å². The average Bonchev–Trinajstić information content (AvgIpc) is 2.28. The number of thioether (sulfide) groups is 1. The molecule has 0 spiro atoms. The van der Waals surface area contributed by atoms with Crippen molar-refractivity contribution in [2.75, 3.05) is 12.8 Å². The van der Waals surface area contributed by atoms with Crippen LogP contribution in [0.4, 0.5) is 0 Å². The summed E-state index contributed by atoms with van der Waals surface area (Å²) in [6.45, 7) is 13.6. The van der Waals surface area contributed by atoms with Crippen molar-refractivity contribution in [2.45, 2.75) is 57.7 Å². The molecule has 19 heavy (non-hydrogen) atoms. The number of benzene rings is 1. The van der Waals surface area contributed by atoms with Crippen LogP contribution in [0.5, 0.6) is 0 Å². The minimum Gasteiger partial charge on any atom is -0.312 e. The van der Waals surface area contributed by atoms with Gasteiger partial charge in [-0.25, -0.2) is 0 Å². The van der Waals surface area contributed by atoms with Gasteiger partial charge in [0.25, 0.3) is 0 Å². The molecule has 0 amide bonds. The van der Waals surface area contributed by atoms with Crippen LogP contribution in [0.3, 0.4) is 0 Å². The monoisotopic (exact) mass is 279 g/mol. The predicted octanol–water partition coefficient (Wildman–Crippen LogP) is 4.78. The number of hydrogen-bond acceptors (Lipinski definition) is 2. The molecule has 0 saturated heterocycles. The fraction of sp³-hybridized carbons (Fsp3) is 0.647. The van der Waals surface area contributed by atoms with Crippen LogP contribution in [0.15, 0.2) is 24.3 Å². The number of rotatable bonds is 4. The molecule has 0 saturated carbocycles. The molecule has 1 atom stereocenters. The van der Waals surface area contributed by atoms with E-state index in [2.05, 4.69) is 71.1 Å². The zero-order chi connectivity index (χ0) is 14.7. The summed E-state index contributed by atoms with van der Waals surface area (Å²) in [7, 11) is 2.05. The van der Waals surface area contributed by atoms with E-state index in [0.29, 0.717) is 10.8 Å². The van der Waals surface area contributed by atoms with Gasteiger partial charge in [0, 0.05) is 16.5 Å². The molecular weight excluding hydrogens is 250 g/mol. The van der Waals surface area contributed by atoms with Crippen molar-refractivity contribution in [3.63, 3.8) is 0 Å². The maximum Gasteiger partial charge on any atom is 0.0409 e. The van der Waals surface area contributed by atoms with Crippen molar-refractivity contribution in [3.8, 4) is 0 Å². The fourth-order valence-corrected chi connectivity index (χ4v) is 2.92. The van der Waals surface area contributed by atoms with Gasteiger partial charge in [0.1, 0.15) is 0 Å². The lowest BCUT2D eigenvalue weighted by Gasteiger charge is -2.24. The Morgan fingerprint density at radius 2 is 1.53 bits per heavy atom. The molecule has 1 aromatic carbocycles. The summed E-state index contributed by atoms with van der Waals surface area (Å²) in [5, 5.41) is 3.43. The minimum absolute atomic E-state index is 0.230.